The maximum Gasteiger partial charge on any atom is 0.523 e. The van der Waals surface area contributed by atoms with Crippen molar-refractivity contribution in [1.82, 2.24) is 0 Å². The lowest BCUT2D eigenvalue weighted by molar-refractivity contribution is -0.734. The van der Waals surface area contributed by atoms with Gasteiger partial charge < -0.3 is 9.57 Å². The second kappa shape index (κ2) is 1.93. The van der Waals surface area contributed by atoms with Crippen LogP contribution in [0, 0.1) is 5.21 Å². The summed E-state index contributed by atoms with van der Waals surface area (Å²) in [6.45, 7) is -0.682. The van der Waals surface area contributed by atoms with Gasteiger partial charge in [0.05, 0.1) is 4.90 Å². The van der Waals surface area contributed by atoms with Crippen LogP contribution in [0.15, 0.2) is 0 Å². The molecule has 0 radical (unpaired) electrons. The molecule has 0 aromatic heterocycles. The van der Waals surface area contributed by atoms with Gasteiger partial charge in [-0.05, 0) is 0 Å². The van der Waals surface area contributed by atoms with E-state index >= 15 is 0 Å². The van der Waals surface area contributed by atoms with Gasteiger partial charge >= 0.3 is 12.1 Å². The topological polar surface area (TPSA) is 44.5 Å². The van der Waals surface area contributed by atoms with E-state index < -0.39 is 23.8 Å². The molecule has 1 aliphatic heterocycles. The smallest absolute Gasteiger partial charge is 0.419 e. The van der Waals surface area contributed by atoms with Gasteiger partial charge in [0.2, 0.25) is 6.79 Å². The number of alkyl halides is 3. The lowest BCUT2D eigenvalue weighted by Crippen LogP contribution is -2.27. The number of hydrogen-bond donors (Lipinski definition) is 0. The van der Waals surface area contributed by atoms with Crippen molar-refractivity contribution < 1.29 is 27.6 Å². The van der Waals surface area contributed by atoms with Crippen molar-refractivity contribution in [3.63, 3.8) is 0 Å². The fourth-order valence-electron chi connectivity index (χ4n) is 0.427. The molecule has 58 valence electrons. The molecule has 1 heterocycles. The Morgan fingerprint density at radius 3 is 2.30 bits per heavy atom. The number of nitrogens with zero attached hydrogens (tertiary/aromatic N) is 1. The predicted molar refractivity (Wildman–Crippen MR) is 21.7 cm³/mol. The summed E-state index contributed by atoms with van der Waals surface area (Å²) < 4.78 is 38.4. The summed E-state index contributed by atoms with van der Waals surface area (Å²) in [5, 5.41) is 10.0. The first-order valence-electron chi connectivity index (χ1n) is 2.19. The lowest BCUT2D eigenvalue weighted by atomic mass is 10.6. The van der Waals surface area contributed by atoms with Crippen LogP contribution in [-0.4, -0.2) is 23.8 Å². The number of ether oxygens (including phenoxy) is 1. The molecule has 0 saturated heterocycles. The van der Waals surface area contributed by atoms with Crippen molar-refractivity contribution in [3.05, 3.63) is 5.21 Å². The summed E-state index contributed by atoms with van der Waals surface area (Å²) >= 11 is 0. The monoisotopic (exact) mass is 157 g/mol. The summed E-state index contributed by atoms with van der Waals surface area (Å²) in [5.41, 5.74) is 0. The highest BCUT2D eigenvalue weighted by Crippen LogP contribution is 2.20. The van der Waals surface area contributed by atoms with Crippen LogP contribution in [0.25, 0.3) is 0 Å². The van der Waals surface area contributed by atoms with Crippen molar-refractivity contribution >= 4 is 5.90 Å². The fraction of sp³-hybridized carbons (Fsp3) is 0.667. The van der Waals surface area contributed by atoms with E-state index in [1.165, 1.54) is 0 Å². The largest absolute Gasteiger partial charge is 0.523 e. The van der Waals surface area contributed by atoms with Crippen molar-refractivity contribution in [2.24, 2.45) is 0 Å². The van der Waals surface area contributed by atoms with Gasteiger partial charge in [-0.3, -0.25) is 5.21 Å². The van der Waals surface area contributed by atoms with Gasteiger partial charge in [0.25, 0.3) is 0 Å². The molecule has 0 spiro atoms. The van der Waals surface area contributed by atoms with Crippen molar-refractivity contribution in [1.29, 1.82) is 0 Å². The number of hydrogen-bond acceptors (Lipinski definition) is 3. The van der Waals surface area contributed by atoms with Crippen molar-refractivity contribution in [2.75, 3.05) is 6.79 Å². The minimum absolute atomic E-state index is 0.682. The second-order valence-electron chi connectivity index (χ2n) is 1.45. The molecule has 0 N–H and O–H groups in total. The lowest BCUT2D eigenvalue weighted by Gasteiger charge is -1.96. The second-order valence-corrected chi connectivity index (χ2v) is 1.45. The van der Waals surface area contributed by atoms with E-state index in [1.54, 1.807) is 0 Å². The van der Waals surface area contributed by atoms with E-state index in [2.05, 4.69) is 9.57 Å². The third kappa shape index (κ3) is 1.07. The Labute approximate surface area is 53.0 Å². The molecular formula is C3H2F3NO3. The van der Waals surface area contributed by atoms with Crippen LogP contribution in [0.2, 0.25) is 0 Å². The predicted octanol–water partition coefficient (Wildman–Crippen LogP) is 0.377. The van der Waals surface area contributed by atoms with Crippen molar-refractivity contribution in [3.8, 4) is 0 Å². The highest BCUT2D eigenvalue weighted by molar-refractivity contribution is 5.77. The molecule has 0 amide bonds. The van der Waals surface area contributed by atoms with Crippen LogP contribution < -0.4 is 0 Å². The van der Waals surface area contributed by atoms with Gasteiger partial charge in [-0.1, -0.05) is 0 Å². The van der Waals surface area contributed by atoms with E-state index in [9.17, 15) is 18.4 Å². The molecule has 0 unspecified atom stereocenters. The van der Waals surface area contributed by atoms with Crippen LogP contribution in [0.4, 0.5) is 13.2 Å². The van der Waals surface area contributed by atoms with E-state index in [4.69, 9.17) is 0 Å². The molecule has 10 heavy (non-hydrogen) atoms. The van der Waals surface area contributed by atoms with Gasteiger partial charge in [0.15, 0.2) is 0 Å². The SMILES string of the molecule is [O-][N+]1=C(C(F)(F)F)OCO1. The molecule has 7 heteroatoms. The molecule has 1 aliphatic rings. The Bertz CT molecular complexity index is 174. The number of rotatable bonds is 0. The first-order chi connectivity index (χ1) is 4.52. The maximum atomic E-state index is 11.5. The zero-order chi connectivity index (χ0) is 7.78. The van der Waals surface area contributed by atoms with E-state index in [0.717, 1.165) is 0 Å². The molecule has 0 saturated carbocycles. The highest BCUT2D eigenvalue weighted by atomic mass is 19.4. The Morgan fingerprint density at radius 1 is 1.50 bits per heavy atom. The van der Waals surface area contributed by atoms with Gasteiger partial charge in [0, 0.05) is 0 Å². The third-order valence-corrected chi connectivity index (χ3v) is 0.774. The third-order valence-electron chi connectivity index (χ3n) is 0.774. The summed E-state index contributed by atoms with van der Waals surface area (Å²) in [6, 6.07) is 0. The van der Waals surface area contributed by atoms with Gasteiger partial charge in [-0.2, -0.15) is 13.2 Å². The molecule has 0 atom stereocenters. The minimum Gasteiger partial charge on any atom is -0.419 e. The Hall–Kier alpha value is -1.14. The van der Waals surface area contributed by atoms with Crippen molar-refractivity contribution in [2.45, 2.75) is 6.18 Å². The standard InChI is InChI=1S/C3H2F3NO3/c4-3(5,6)2-7(8)10-1-9-2/h1H2. The van der Waals surface area contributed by atoms with Crippen LogP contribution >= 0.6 is 0 Å². The van der Waals surface area contributed by atoms with E-state index in [-0.39, 0.29) is 0 Å². The Balaban J connectivity index is 2.81. The first-order valence-corrected chi connectivity index (χ1v) is 2.19. The zero-order valence-electron chi connectivity index (χ0n) is 4.51. The molecule has 0 aliphatic carbocycles. The summed E-state index contributed by atoms with van der Waals surface area (Å²) in [7, 11) is 0. The quantitative estimate of drug-likeness (QED) is 0.477. The molecule has 4 nitrogen and oxygen atoms in total. The average molecular weight is 157 g/mol. The molecule has 1 rings (SSSR count). The average Bonchev–Trinajstić information content (AvgIpc) is 2.11. The van der Waals surface area contributed by atoms with Crippen LogP contribution in [0.1, 0.15) is 0 Å². The normalized spacial score (nSPS) is 18.7. The zero-order valence-corrected chi connectivity index (χ0v) is 4.51. The van der Waals surface area contributed by atoms with Crippen LogP contribution in [-0.2, 0) is 9.57 Å². The van der Waals surface area contributed by atoms with Crippen LogP contribution in [0.3, 0.4) is 0 Å². The first kappa shape index (κ1) is 6.97. The highest BCUT2D eigenvalue weighted by Gasteiger charge is 2.50. The van der Waals surface area contributed by atoms with E-state index in [0.29, 0.717) is 0 Å². The fourth-order valence-corrected chi connectivity index (χ4v) is 0.427. The summed E-state index contributed by atoms with van der Waals surface area (Å²) in [6.07, 6.45) is -4.77. The molecular weight excluding hydrogens is 155 g/mol. The Morgan fingerprint density at radius 2 is 2.10 bits per heavy atom. The van der Waals surface area contributed by atoms with Gasteiger partial charge in [-0.25, -0.2) is 0 Å². The van der Waals surface area contributed by atoms with Gasteiger partial charge in [0.1, 0.15) is 0 Å². The van der Waals surface area contributed by atoms with Crippen LogP contribution in [0.5, 0.6) is 0 Å². The molecule has 0 fully saturated rings. The van der Waals surface area contributed by atoms with Gasteiger partial charge in [-0.15, -0.1) is 0 Å². The summed E-state index contributed by atoms with van der Waals surface area (Å²) in [4.78, 5) is 3.10. The number of halogens is 3. The maximum absolute atomic E-state index is 11.5. The molecule has 0 bridgehead atoms. The minimum atomic E-state index is -4.77. The molecule has 0 aromatic carbocycles. The van der Waals surface area contributed by atoms with E-state index in [1.807, 2.05) is 0 Å². The molecule has 0 aromatic rings. The summed E-state index contributed by atoms with van der Waals surface area (Å²) in [5.74, 6) is -1.66. The Kier molecular flexibility index (Phi) is 1.34.